The molecule has 2 amide bonds. The fourth-order valence-corrected chi connectivity index (χ4v) is 3.60. The van der Waals surface area contributed by atoms with Gasteiger partial charge in [0.25, 0.3) is 5.91 Å². The molecule has 0 spiro atoms. The Hall–Kier alpha value is -2.83. The zero-order chi connectivity index (χ0) is 20.1. The van der Waals surface area contributed by atoms with Crippen molar-refractivity contribution in [2.45, 2.75) is 39.5 Å². The van der Waals surface area contributed by atoms with E-state index < -0.39 is 0 Å². The highest BCUT2D eigenvalue weighted by atomic mass is 16.5. The largest absolute Gasteiger partial charge is 0.497 e. The minimum atomic E-state index is -0.0886. The molecule has 28 heavy (non-hydrogen) atoms. The average Bonchev–Trinajstić information content (AvgIpc) is 3.13. The Morgan fingerprint density at radius 3 is 2.86 bits per heavy atom. The number of benzene rings is 1. The van der Waals surface area contributed by atoms with Crippen LogP contribution in [0, 0.1) is 19.8 Å². The second-order valence-corrected chi connectivity index (χ2v) is 7.28. The number of hydrogen-bond acceptors (Lipinski definition) is 5. The average molecular weight is 385 g/mol. The summed E-state index contributed by atoms with van der Waals surface area (Å²) >= 11 is 0. The van der Waals surface area contributed by atoms with E-state index in [-0.39, 0.29) is 11.8 Å². The zero-order valence-electron chi connectivity index (χ0n) is 16.7. The van der Waals surface area contributed by atoms with Crippen LogP contribution in [0.1, 0.15) is 47.5 Å². The lowest BCUT2D eigenvalue weighted by molar-refractivity contribution is -0.116. The molecule has 1 saturated heterocycles. The lowest BCUT2D eigenvalue weighted by Crippen LogP contribution is -2.40. The van der Waals surface area contributed by atoms with Crippen molar-refractivity contribution >= 4 is 17.5 Å². The van der Waals surface area contributed by atoms with Gasteiger partial charge in [-0.1, -0.05) is 0 Å². The Balaban J connectivity index is 1.51. The smallest absolute Gasteiger partial charge is 0.276 e. The summed E-state index contributed by atoms with van der Waals surface area (Å²) in [7, 11) is 1.62. The molecule has 7 nitrogen and oxygen atoms in total. The van der Waals surface area contributed by atoms with Gasteiger partial charge in [-0.15, -0.1) is 0 Å². The Kier molecular flexibility index (Phi) is 6.34. The number of nitrogens with one attached hydrogen (secondary N) is 1. The van der Waals surface area contributed by atoms with Crippen molar-refractivity contribution in [2.24, 2.45) is 5.92 Å². The first-order chi connectivity index (χ1) is 13.5. The molecule has 1 aromatic carbocycles. The van der Waals surface area contributed by atoms with E-state index in [9.17, 15) is 9.59 Å². The van der Waals surface area contributed by atoms with Crippen molar-refractivity contribution in [3.63, 3.8) is 0 Å². The van der Waals surface area contributed by atoms with Crippen LogP contribution in [-0.2, 0) is 4.79 Å². The van der Waals surface area contributed by atoms with Gasteiger partial charge in [0.05, 0.1) is 7.11 Å². The highest BCUT2D eigenvalue weighted by Gasteiger charge is 2.27. The van der Waals surface area contributed by atoms with Gasteiger partial charge >= 0.3 is 0 Å². The third-order valence-corrected chi connectivity index (χ3v) is 5.24. The summed E-state index contributed by atoms with van der Waals surface area (Å²) in [6.45, 7) is 5.06. The quantitative estimate of drug-likeness (QED) is 0.822. The normalized spacial score (nSPS) is 16.7. The van der Waals surface area contributed by atoms with Crippen LogP contribution in [0.3, 0.4) is 0 Å². The second-order valence-electron chi connectivity index (χ2n) is 7.28. The maximum Gasteiger partial charge on any atom is 0.276 e. The van der Waals surface area contributed by atoms with Crippen LogP contribution in [0.2, 0.25) is 0 Å². The summed E-state index contributed by atoms with van der Waals surface area (Å²) in [4.78, 5) is 30.8. The number of rotatable bonds is 6. The Morgan fingerprint density at radius 2 is 2.18 bits per heavy atom. The number of carbonyl (C=O) groups excluding carboxylic acids is 2. The fourth-order valence-electron chi connectivity index (χ4n) is 3.60. The van der Waals surface area contributed by atoms with Crippen LogP contribution in [0.25, 0.3) is 0 Å². The summed E-state index contributed by atoms with van der Waals surface area (Å²) < 4.78 is 10.3. The van der Waals surface area contributed by atoms with E-state index in [0.717, 1.165) is 42.8 Å². The molecule has 0 aliphatic carbocycles. The number of aromatic nitrogens is 1. The predicted molar refractivity (Wildman–Crippen MR) is 105 cm³/mol. The molecule has 1 aliphatic heterocycles. The van der Waals surface area contributed by atoms with Gasteiger partial charge in [0.15, 0.2) is 12.1 Å². The first-order valence-electron chi connectivity index (χ1n) is 9.61. The number of methoxy groups -OCH3 is 1. The van der Waals surface area contributed by atoms with Gasteiger partial charge in [-0.05, 0) is 62.8 Å². The van der Waals surface area contributed by atoms with Gasteiger partial charge in [-0.2, -0.15) is 0 Å². The minimum Gasteiger partial charge on any atom is -0.497 e. The van der Waals surface area contributed by atoms with Crippen LogP contribution in [-0.4, -0.2) is 41.9 Å². The predicted octanol–water partition coefficient (Wildman–Crippen LogP) is 3.57. The second kappa shape index (κ2) is 8.91. The highest BCUT2D eigenvalue weighted by molar-refractivity contribution is 5.93. The summed E-state index contributed by atoms with van der Waals surface area (Å²) in [5, 5.41) is 2.97. The third kappa shape index (κ3) is 4.71. The van der Waals surface area contributed by atoms with Crippen molar-refractivity contribution in [1.29, 1.82) is 0 Å². The topological polar surface area (TPSA) is 84.7 Å². The van der Waals surface area contributed by atoms with Gasteiger partial charge in [0, 0.05) is 25.2 Å². The van der Waals surface area contributed by atoms with Gasteiger partial charge in [-0.3, -0.25) is 9.59 Å². The van der Waals surface area contributed by atoms with Gasteiger partial charge in [-0.25, -0.2) is 4.98 Å². The molecule has 0 unspecified atom stereocenters. The highest BCUT2D eigenvalue weighted by Crippen LogP contribution is 2.24. The summed E-state index contributed by atoms with van der Waals surface area (Å²) in [6, 6.07) is 5.58. The molecular weight excluding hydrogens is 358 g/mol. The lowest BCUT2D eigenvalue weighted by atomic mass is 9.93. The number of ether oxygens (including phenoxy) is 1. The number of aryl methyl sites for hydroxylation is 2. The molecule has 0 saturated carbocycles. The fraction of sp³-hybridized carbons (Fsp3) is 0.476. The van der Waals surface area contributed by atoms with E-state index >= 15 is 0 Å². The van der Waals surface area contributed by atoms with Crippen LogP contribution in [0.4, 0.5) is 5.69 Å². The number of likely N-dealkylation sites (tertiary alicyclic amines) is 1. The number of carbonyl (C=O) groups is 2. The molecule has 1 atom stereocenters. The third-order valence-electron chi connectivity index (χ3n) is 5.24. The molecule has 1 aliphatic rings. The number of piperidine rings is 1. The summed E-state index contributed by atoms with van der Waals surface area (Å²) in [5.74, 6) is 1.53. The molecule has 2 aromatic rings. The van der Waals surface area contributed by atoms with E-state index in [1.807, 2.05) is 30.0 Å². The maximum atomic E-state index is 12.6. The van der Waals surface area contributed by atoms with Crippen molar-refractivity contribution in [3.05, 3.63) is 41.6 Å². The summed E-state index contributed by atoms with van der Waals surface area (Å²) in [5.41, 5.74) is 2.14. The Bertz CT molecular complexity index is 846. The van der Waals surface area contributed by atoms with E-state index in [2.05, 4.69) is 10.3 Å². The Morgan fingerprint density at radius 1 is 1.36 bits per heavy atom. The molecule has 150 valence electrons. The molecule has 7 heteroatoms. The van der Waals surface area contributed by atoms with Crippen LogP contribution in [0.15, 0.2) is 29.0 Å². The van der Waals surface area contributed by atoms with Crippen molar-refractivity contribution in [2.75, 3.05) is 25.5 Å². The SMILES string of the molecule is COc1ccc(NC(=O)CC[C@@H]2CCCN(C(=O)c3ncoc3C)C2)c(C)c1. The van der Waals surface area contributed by atoms with E-state index in [0.29, 0.717) is 30.3 Å². The van der Waals surface area contributed by atoms with Crippen LogP contribution in [0.5, 0.6) is 5.75 Å². The van der Waals surface area contributed by atoms with Gasteiger partial charge in [0.1, 0.15) is 11.5 Å². The Labute approximate surface area is 165 Å². The van der Waals surface area contributed by atoms with Crippen molar-refractivity contribution in [1.82, 2.24) is 9.88 Å². The minimum absolute atomic E-state index is 0.0101. The maximum absolute atomic E-state index is 12.6. The first-order valence-corrected chi connectivity index (χ1v) is 9.61. The summed E-state index contributed by atoms with van der Waals surface area (Å²) in [6.07, 6.45) is 4.45. The number of nitrogens with zero attached hydrogens (tertiary/aromatic N) is 2. The lowest BCUT2D eigenvalue weighted by Gasteiger charge is -2.32. The molecule has 1 N–H and O–H groups in total. The number of amides is 2. The zero-order valence-corrected chi connectivity index (χ0v) is 16.7. The number of oxazole rings is 1. The van der Waals surface area contributed by atoms with Crippen LogP contribution >= 0.6 is 0 Å². The molecule has 0 bridgehead atoms. The van der Waals surface area contributed by atoms with E-state index in [1.165, 1.54) is 6.39 Å². The first kappa shape index (κ1) is 19.9. The molecule has 3 rings (SSSR count). The van der Waals surface area contributed by atoms with E-state index in [4.69, 9.17) is 9.15 Å². The molecule has 0 radical (unpaired) electrons. The standard InChI is InChI=1S/C21H27N3O4/c1-14-11-17(27-3)7-8-18(14)23-19(25)9-6-16-5-4-10-24(12-16)21(26)20-15(2)28-13-22-20/h7-8,11,13,16H,4-6,9-10,12H2,1-3H3,(H,23,25)/t16-/m0/s1. The molecule has 1 aromatic heterocycles. The monoisotopic (exact) mass is 385 g/mol. The molecule has 1 fully saturated rings. The van der Waals surface area contributed by atoms with Crippen molar-refractivity contribution in [3.8, 4) is 5.75 Å². The van der Waals surface area contributed by atoms with Crippen LogP contribution < -0.4 is 10.1 Å². The van der Waals surface area contributed by atoms with Gasteiger partial charge in [0.2, 0.25) is 5.91 Å². The molecular formula is C21H27N3O4. The van der Waals surface area contributed by atoms with E-state index in [1.54, 1.807) is 14.0 Å². The number of hydrogen-bond donors (Lipinski definition) is 1. The van der Waals surface area contributed by atoms with Crippen molar-refractivity contribution < 1.29 is 18.7 Å². The number of anilines is 1. The van der Waals surface area contributed by atoms with Gasteiger partial charge < -0.3 is 19.4 Å². The molecule has 2 heterocycles.